The van der Waals surface area contributed by atoms with Gasteiger partial charge in [0.25, 0.3) is 5.91 Å². The Bertz CT molecular complexity index is 1280. The Morgan fingerprint density at radius 1 is 1.09 bits per heavy atom. The number of rotatable bonds is 7. The summed E-state index contributed by atoms with van der Waals surface area (Å²) in [6, 6.07) is 16.7. The summed E-state index contributed by atoms with van der Waals surface area (Å²) in [7, 11) is 1.64. The van der Waals surface area contributed by atoms with Crippen molar-refractivity contribution >= 4 is 17.5 Å². The maximum absolute atomic E-state index is 13.0. The molecule has 1 atom stereocenters. The number of ether oxygens (including phenoxy) is 1. The highest BCUT2D eigenvalue weighted by atomic mass is 16.5. The molecule has 33 heavy (non-hydrogen) atoms. The molecule has 2 heterocycles. The first kappa shape index (κ1) is 22.3. The number of benzene rings is 2. The van der Waals surface area contributed by atoms with E-state index in [0.29, 0.717) is 18.7 Å². The number of fused-ring (bicyclic) bond motifs is 1. The normalized spacial score (nSPS) is 14.5. The fraction of sp³-hybridized carbons (Fsp3) is 0.269. The molecule has 2 N–H and O–H groups in total. The van der Waals surface area contributed by atoms with Gasteiger partial charge in [-0.3, -0.25) is 14.4 Å². The van der Waals surface area contributed by atoms with Crippen LogP contribution in [0.5, 0.6) is 5.75 Å². The van der Waals surface area contributed by atoms with Crippen molar-refractivity contribution in [3.05, 3.63) is 92.9 Å². The summed E-state index contributed by atoms with van der Waals surface area (Å²) in [5, 5.41) is 5.63. The lowest BCUT2D eigenvalue weighted by Gasteiger charge is -2.19. The van der Waals surface area contributed by atoms with Crippen LogP contribution in [-0.4, -0.2) is 30.0 Å². The molecule has 4 rings (SSSR count). The molecule has 1 unspecified atom stereocenters. The van der Waals surface area contributed by atoms with Crippen molar-refractivity contribution in [1.82, 2.24) is 9.88 Å². The summed E-state index contributed by atoms with van der Waals surface area (Å²) in [5.41, 5.74) is 3.82. The van der Waals surface area contributed by atoms with Gasteiger partial charge < -0.3 is 19.9 Å². The topological polar surface area (TPSA) is 89.4 Å². The first-order valence-corrected chi connectivity index (χ1v) is 10.9. The molecule has 1 aliphatic rings. The van der Waals surface area contributed by atoms with Gasteiger partial charge in [-0.15, -0.1) is 0 Å². The third-order valence-electron chi connectivity index (χ3n) is 6.18. The number of aromatic nitrogens is 1. The Balaban J connectivity index is 1.53. The second-order valence-corrected chi connectivity index (χ2v) is 8.16. The quantitative estimate of drug-likeness (QED) is 0.585. The van der Waals surface area contributed by atoms with Gasteiger partial charge in [-0.1, -0.05) is 36.4 Å². The number of nitrogens with one attached hydrogen (secondary N) is 2. The number of methoxy groups -OCH3 is 1. The Morgan fingerprint density at radius 2 is 1.82 bits per heavy atom. The molecule has 170 valence electrons. The summed E-state index contributed by atoms with van der Waals surface area (Å²) in [6.45, 7) is 4.36. The van der Waals surface area contributed by atoms with Crippen LogP contribution < -0.4 is 20.8 Å². The smallest absolute Gasteiger partial charge is 0.257 e. The van der Waals surface area contributed by atoms with E-state index >= 15 is 0 Å². The van der Waals surface area contributed by atoms with E-state index in [-0.39, 0.29) is 23.4 Å². The van der Waals surface area contributed by atoms with Crippen molar-refractivity contribution in [3.63, 3.8) is 0 Å². The molecule has 7 nitrogen and oxygen atoms in total. The number of hydrogen-bond donors (Lipinski definition) is 2. The van der Waals surface area contributed by atoms with Crippen molar-refractivity contribution < 1.29 is 14.3 Å². The zero-order chi connectivity index (χ0) is 23.5. The molecule has 0 saturated heterocycles. The zero-order valence-corrected chi connectivity index (χ0v) is 19.0. The van der Waals surface area contributed by atoms with Crippen LogP contribution in [0.25, 0.3) is 0 Å². The first-order chi connectivity index (χ1) is 15.9. The third kappa shape index (κ3) is 4.39. The molecule has 3 aromatic rings. The number of para-hydroxylation sites is 2. The van der Waals surface area contributed by atoms with Gasteiger partial charge in [0.1, 0.15) is 11.3 Å². The van der Waals surface area contributed by atoms with Gasteiger partial charge in [0.15, 0.2) is 5.43 Å². The number of nitrogens with zero attached hydrogens (tertiary/aromatic N) is 1. The number of carbonyl (C=O) groups is 2. The molecule has 7 heteroatoms. The van der Waals surface area contributed by atoms with Crippen LogP contribution in [0, 0.1) is 13.8 Å². The molecular weight excluding hydrogens is 418 g/mol. The lowest BCUT2D eigenvalue weighted by molar-refractivity contribution is -0.116. The zero-order valence-electron chi connectivity index (χ0n) is 19.0. The molecule has 0 aliphatic carbocycles. The predicted octanol–water partition coefficient (Wildman–Crippen LogP) is 3.18. The minimum atomic E-state index is -0.483. The molecule has 2 amide bonds. The summed E-state index contributed by atoms with van der Waals surface area (Å²) < 4.78 is 7.41. The minimum Gasteiger partial charge on any atom is -0.496 e. The molecule has 0 spiro atoms. The Kier molecular flexibility index (Phi) is 6.31. The summed E-state index contributed by atoms with van der Waals surface area (Å²) >= 11 is 0. The lowest BCUT2D eigenvalue weighted by atomic mass is 10.0. The van der Waals surface area contributed by atoms with Crippen molar-refractivity contribution in [1.29, 1.82) is 0 Å². The highest BCUT2D eigenvalue weighted by Gasteiger charge is 2.30. The van der Waals surface area contributed by atoms with Gasteiger partial charge in [0, 0.05) is 36.2 Å². The van der Waals surface area contributed by atoms with E-state index < -0.39 is 11.8 Å². The number of carbonyl (C=O) groups excluding carboxylic acids is 2. The van der Waals surface area contributed by atoms with Crippen molar-refractivity contribution in [2.45, 2.75) is 32.7 Å². The van der Waals surface area contributed by atoms with Gasteiger partial charge in [-0.2, -0.15) is 0 Å². The molecule has 0 bridgehead atoms. The van der Waals surface area contributed by atoms with Crippen LogP contribution in [0.15, 0.2) is 59.4 Å². The van der Waals surface area contributed by atoms with E-state index in [1.54, 1.807) is 14.0 Å². The van der Waals surface area contributed by atoms with E-state index in [2.05, 4.69) is 10.6 Å². The molecule has 2 aromatic carbocycles. The van der Waals surface area contributed by atoms with Crippen LogP contribution in [-0.2, 0) is 17.8 Å². The van der Waals surface area contributed by atoms with Crippen molar-refractivity contribution in [3.8, 4) is 5.75 Å². The van der Waals surface area contributed by atoms with E-state index in [1.807, 2.05) is 60.0 Å². The lowest BCUT2D eigenvalue weighted by Crippen LogP contribution is -2.35. The SMILES string of the molecule is COc1ccccc1CCn1c(C)cc(=O)c(C(=O)NCC2C(=O)Nc3ccccc32)c1C. The first-order valence-electron chi connectivity index (χ1n) is 10.9. The maximum Gasteiger partial charge on any atom is 0.257 e. The fourth-order valence-corrected chi connectivity index (χ4v) is 4.44. The highest BCUT2D eigenvalue weighted by molar-refractivity contribution is 6.03. The van der Waals surface area contributed by atoms with Gasteiger partial charge in [-0.25, -0.2) is 0 Å². The maximum atomic E-state index is 13.0. The molecule has 0 fully saturated rings. The van der Waals surface area contributed by atoms with E-state index in [0.717, 1.165) is 28.3 Å². The number of anilines is 1. The molecular formula is C26H27N3O4. The van der Waals surface area contributed by atoms with Crippen molar-refractivity contribution in [2.75, 3.05) is 19.0 Å². The monoisotopic (exact) mass is 445 g/mol. The average molecular weight is 446 g/mol. The Labute approximate surface area is 192 Å². The molecule has 1 aliphatic heterocycles. The summed E-state index contributed by atoms with van der Waals surface area (Å²) in [4.78, 5) is 38.1. The molecule has 0 radical (unpaired) electrons. The average Bonchev–Trinajstić information content (AvgIpc) is 3.12. The van der Waals surface area contributed by atoms with E-state index in [4.69, 9.17) is 4.74 Å². The second kappa shape index (κ2) is 9.32. The van der Waals surface area contributed by atoms with Gasteiger partial charge in [0.2, 0.25) is 5.91 Å². The Morgan fingerprint density at radius 3 is 2.61 bits per heavy atom. The van der Waals surface area contributed by atoms with Crippen LogP contribution in [0.2, 0.25) is 0 Å². The summed E-state index contributed by atoms with van der Waals surface area (Å²) in [6.07, 6.45) is 0.689. The third-order valence-corrected chi connectivity index (χ3v) is 6.18. The molecule has 1 aromatic heterocycles. The van der Waals surface area contributed by atoms with Crippen molar-refractivity contribution in [2.24, 2.45) is 0 Å². The van der Waals surface area contributed by atoms with Crippen LogP contribution in [0.1, 0.15) is 38.8 Å². The molecule has 0 saturated carbocycles. The number of amides is 2. The van der Waals surface area contributed by atoms with Gasteiger partial charge in [0.05, 0.1) is 13.0 Å². The second-order valence-electron chi connectivity index (χ2n) is 8.16. The van der Waals surface area contributed by atoms with Gasteiger partial charge in [-0.05, 0) is 43.5 Å². The predicted molar refractivity (Wildman–Crippen MR) is 127 cm³/mol. The van der Waals surface area contributed by atoms with E-state index in [9.17, 15) is 14.4 Å². The highest BCUT2D eigenvalue weighted by Crippen LogP contribution is 2.31. The number of aryl methyl sites for hydroxylation is 2. The van der Waals surface area contributed by atoms with E-state index in [1.165, 1.54) is 6.07 Å². The number of pyridine rings is 1. The largest absolute Gasteiger partial charge is 0.496 e. The fourth-order valence-electron chi connectivity index (χ4n) is 4.44. The van der Waals surface area contributed by atoms with Crippen LogP contribution >= 0.6 is 0 Å². The van der Waals surface area contributed by atoms with Crippen LogP contribution in [0.4, 0.5) is 5.69 Å². The van der Waals surface area contributed by atoms with Crippen LogP contribution in [0.3, 0.4) is 0 Å². The minimum absolute atomic E-state index is 0.104. The number of hydrogen-bond acceptors (Lipinski definition) is 4. The summed E-state index contributed by atoms with van der Waals surface area (Å²) in [5.74, 6) is -0.308. The Hall–Kier alpha value is -3.87. The standard InChI is InChI=1S/C26H27N3O4/c1-16-14-22(30)24(17(2)29(16)13-12-18-8-4-7-11-23(18)33-3)26(32)27-15-20-19-9-5-6-10-21(19)28-25(20)31/h4-11,14,20H,12-13,15H2,1-3H3,(H,27,32)(H,28,31). The van der Waals surface area contributed by atoms with Gasteiger partial charge >= 0.3 is 0 Å².